The largest absolute Gasteiger partial charge is 0.465 e. The lowest BCUT2D eigenvalue weighted by atomic mass is 10.1. The molecule has 0 saturated carbocycles. The smallest absolute Gasteiger partial charge is 0.407 e. The number of carbonyl (C=O) groups excluding carboxylic acids is 2. The van der Waals surface area contributed by atoms with Gasteiger partial charge >= 0.3 is 12.1 Å². The van der Waals surface area contributed by atoms with Gasteiger partial charge in [-0.2, -0.15) is 5.10 Å². The summed E-state index contributed by atoms with van der Waals surface area (Å²) in [4.78, 5) is 39.4. The van der Waals surface area contributed by atoms with Crippen LogP contribution in [0.5, 0.6) is 0 Å². The zero-order valence-electron chi connectivity index (χ0n) is 13.5. The van der Waals surface area contributed by atoms with Gasteiger partial charge in [-0.3, -0.25) is 19.7 Å². The summed E-state index contributed by atoms with van der Waals surface area (Å²) >= 11 is 5.69. The highest BCUT2D eigenvalue weighted by molar-refractivity contribution is 6.28. The molecule has 0 saturated heterocycles. The molecule has 1 aromatic rings. The summed E-state index contributed by atoms with van der Waals surface area (Å²) < 4.78 is 4.79. The van der Waals surface area contributed by atoms with E-state index in [1.165, 1.54) is 11.8 Å². The molecule has 3 N–H and O–H groups in total. The van der Waals surface area contributed by atoms with Crippen LogP contribution in [0.1, 0.15) is 28.7 Å². The summed E-state index contributed by atoms with van der Waals surface area (Å²) in [6, 6.07) is 0. The van der Waals surface area contributed by atoms with Gasteiger partial charge in [-0.1, -0.05) is 0 Å². The number of amides is 2. The molecule has 10 nitrogen and oxygen atoms in total. The summed E-state index contributed by atoms with van der Waals surface area (Å²) in [6.45, 7) is 1.62. The Morgan fingerprint density at radius 2 is 2.24 bits per heavy atom. The van der Waals surface area contributed by atoms with E-state index in [0.717, 1.165) is 0 Å². The number of aromatic amines is 1. The maximum absolute atomic E-state index is 12.3. The Kier molecular flexibility index (Phi) is 6.34. The minimum Gasteiger partial charge on any atom is -0.465 e. The van der Waals surface area contributed by atoms with Crippen LogP contribution in [0, 0.1) is 0 Å². The Balaban J connectivity index is 1.97. The number of alkyl halides is 1. The molecule has 0 fully saturated rings. The minimum atomic E-state index is -1.04. The monoisotopic (exact) mass is 371 g/mol. The fourth-order valence-electron chi connectivity index (χ4n) is 2.26. The van der Waals surface area contributed by atoms with Crippen molar-refractivity contribution < 1.29 is 24.2 Å². The Labute approximate surface area is 148 Å². The van der Waals surface area contributed by atoms with E-state index in [4.69, 9.17) is 21.4 Å². The number of hydrogen-bond acceptors (Lipinski definition) is 6. The first kappa shape index (κ1) is 18.7. The van der Waals surface area contributed by atoms with Crippen molar-refractivity contribution in [1.82, 2.24) is 20.4 Å². The number of aromatic nitrogens is 2. The SMILES string of the molecule is CC(=O)OC/C(CCl)=N/CNC(=O)c1[nH]nc2c1CN(C(=O)O)CC2. The van der Waals surface area contributed by atoms with E-state index >= 15 is 0 Å². The van der Waals surface area contributed by atoms with Crippen LogP contribution in [0.2, 0.25) is 0 Å². The molecule has 25 heavy (non-hydrogen) atoms. The number of H-pyrrole nitrogens is 1. The highest BCUT2D eigenvalue weighted by Gasteiger charge is 2.27. The first-order valence-corrected chi connectivity index (χ1v) is 7.99. The number of ether oxygens (including phenoxy) is 1. The zero-order chi connectivity index (χ0) is 18.4. The summed E-state index contributed by atoms with van der Waals surface area (Å²) in [5.41, 5.74) is 1.87. The van der Waals surface area contributed by atoms with Crippen molar-refractivity contribution in [2.45, 2.75) is 19.9 Å². The molecule has 136 valence electrons. The molecule has 1 aromatic heterocycles. The highest BCUT2D eigenvalue weighted by Crippen LogP contribution is 2.20. The minimum absolute atomic E-state index is 0.0399. The molecule has 1 aliphatic heterocycles. The molecule has 11 heteroatoms. The maximum atomic E-state index is 12.3. The predicted molar refractivity (Wildman–Crippen MR) is 87.8 cm³/mol. The van der Waals surface area contributed by atoms with Crippen LogP contribution < -0.4 is 5.32 Å². The number of halogens is 1. The van der Waals surface area contributed by atoms with Crippen LogP contribution in [0.4, 0.5) is 4.79 Å². The van der Waals surface area contributed by atoms with Crippen molar-refractivity contribution in [2.24, 2.45) is 4.99 Å². The van der Waals surface area contributed by atoms with E-state index in [2.05, 4.69) is 20.5 Å². The second kappa shape index (κ2) is 8.47. The number of rotatable bonds is 6. The fourth-order valence-corrected chi connectivity index (χ4v) is 2.43. The van der Waals surface area contributed by atoms with Gasteiger partial charge in [0.25, 0.3) is 5.91 Å². The van der Waals surface area contributed by atoms with Crippen molar-refractivity contribution in [3.63, 3.8) is 0 Å². The third-order valence-electron chi connectivity index (χ3n) is 3.56. The summed E-state index contributed by atoms with van der Waals surface area (Å²) in [5, 5.41) is 18.3. The Morgan fingerprint density at radius 1 is 1.48 bits per heavy atom. The van der Waals surface area contributed by atoms with Crippen LogP contribution >= 0.6 is 11.6 Å². The van der Waals surface area contributed by atoms with Gasteiger partial charge in [0.15, 0.2) is 0 Å². The summed E-state index contributed by atoms with van der Waals surface area (Å²) in [7, 11) is 0. The number of nitrogens with zero attached hydrogens (tertiary/aromatic N) is 3. The molecule has 0 bridgehead atoms. The number of carboxylic acid groups (broad SMARTS) is 1. The fraction of sp³-hybridized carbons (Fsp3) is 0.500. The van der Waals surface area contributed by atoms with E-state index in [0.29, 0.717) is 29.9 Å². The first-order chi connectivity index (χ1) is 11.9. The van der Waals surface area contributed by atoms with Gasteiger partial charge in [0, 0.05) is 25.5 Å². The average molecular weight is 372 g/mol. The quantitative estimate of drug-likeness (QED) is 0.375. The lowest BCUT2D eigenvalue weighted by molar-refractivity contribution is -0.139. The number of aliphatic imine (C=N–C) groups is 1. The van der Waals surface area contributed by atoms with Gasteiger partial charge in [-0.15, -0.1) is 11.6 Å². The highest BCUT2D eigenvalue weighted by atomic mass is 35.5. The molecule has 0 aromatic carbocycles. The van der Waals surface area contributed by atoms with Crippen molar-refractivity contribution in [3.8, 4) is 0 Å². The molecular weight excluding hydrogens is 354 g/mol. The molecule has 0 aliphatic carbocycles. The van der Waals surface area contributed by atoms with E-state index in [9.17, 15) is 14.4 Å². The molecule has 2 amide bonds. The van der Waals surface area contributed by atoms with Crippen molar-refractivity contribution >= 4 is 35.3 Å². The van der Waals surface area contributed by atoms with Gasteiger partial charge < -0.3 is 20.1 Å². The maximum Gasteiger partial charge on any atom is 0.407 e. The van der Waals surface area contributed by atoms with Gasteiger partial charge in [-0.25, -0.2) is 4.79 Å². The van der Waals surface area contributed by atoms with Crippen LogP contribution in [0.25, 0.3) is 0 Å². The second-order valence-corrected chi connectivity index (χ2v) is 5.55. The van der Waals surface area contributed by atoms with Crippen molar-refractivity contribution in [3.05, 3.63) is 17.0 Å². The molecule has 2 heterocycles. The standard InChI is InChI=1S/C14H18ClN5O5/c1-8(21)25-6-9(4-15)16-7-17-13(22)12-10-5-20(14(23)24)3-2-11(10)18-19-12/h2-7H2,1H3,(H,17,22)(H,18,19)(H,23,24)/b16-9+. The van der Waals surface area contributed by atoms with Gasteiger partial charge in [0.2, 0.25) is 0 Å². The Hall–Kier alpha value is -2.62. The molecule has 0 unspecified atom stereocenters. The molecule has 2 rings (SSSR count). The lowest BCUT2D eigenvalue weighted by Gasteiger charge is -2.23. The van der Waals surface area contributed by atoms with Crippen molar-refractivity contribution in [1.29, 1.82) is 0 Å². The predicted octanol–water partition coefficient (Wildman–Crippen LogP) is 0.376. The second-order valence-electron chi connectivity index (χ2n) is 5.28. The number of hydrogen-bond donors (Lipinski definition) is 3. The molecule has 0 spiro atoms. The summed E-state index contributed by atoms with van der Waals surface area (Å²) in [6.07, 6.45) is -0.595. The van der Waals surface area contributed by atoms with Gasteiger partial charge in [0.05, 0.1) is 23.8 Å². The molecule has 1 aliphatic rings. The van der Waals surface area contributed by atoms with Crippen LogP contribution in [-0.2, 0) is 22.5 Å². The number of nitrogens with one attached hydrogen (secondary N) is 2. The van der Waals surface area contributed by atoms with Gasteiger partial charge in [0.1, 0.15) is 19.0 Å². The Bertz CT molecular complexity index is 702. The van der Waals surface area contributed by atoms with Crippen LogP contribution in [0.3, 0.4) is 0 Å². The zero-order valence-corrected chi connectivity index (χ0v) is 14.3. The first-order valence-electron chi connectivity index (χ1n) is 7.46. The van der Waals surface area contributed by atoms with Gasteiger partial charge in [-0.05, 0) is 0 Å². The van der Waals surface area contributed by atoms with Crippen molar-refractivity contribution in [2.75, 3.05) is 25.7 Å². The number of carbonyl (C=O) groups is 3. The van der Waals surface area contributed by atoms with E-state index in [1.807, 2.05) is 0 Å². The summed E-state index contributed by atoms with van der Waals surface area (Å²) in [5.74, 6) is -0.837. The molecule has 0 radical (unpaired) electrons. The lowest BCUT2D eigenvalue weighted by Crippen LogP contribution is -2.36. The molecule has 0 atom stereocenters. The number of esters is 1. The normalized spacial score (nSPS) is 14.0. The van der Waals surface area contributed by atoms with Crippen LogP contribution in [-0.4, -0.2) is 69.6 Å². The number of fused-ring (bicyclic) bond motifs is 1. The molecular formula is C14H18ClN5O5. The van der Waals surface area contributed by atoms with E-state index < -0.39 is 18.0 Å². The average Bonchev–Trinajstić information content (AvgIpc) is 3.00. The topological polar surface area (TPSA) is 137 Å². The third-order valence-corrected chi connectivity index (χ3v) is 3.86. The third kappa shape index (κ3) is 4.92. The Morgan fingerprint density at radius 3 is 2.88 bits per heavy atom. The van der Waals surface area contributed by atoms with E-state index in [-0.39, 0.29) is 31.4 Å². The van der Waals surface area contributed by atoms with E-state index in [1.54, 1.807) is 0 Å². The van der Waals surface area contributed by atoms with Crippen LogP contribution in [0.15, 0.2) is 4.99 Å².